The fourth-order valence-corrected chi connectivity index (χ4v) is 3.42. The van der Waals surface area contributed by atoms with Crippen molar-refractivity contribution in [3.63, 3.8) is 0 Å². The lowest BCUT2D eigenvalue weighted by Gasteiger charge is -2.10. The maximum absolute atomic E-state index is 13.4. The molecule has 3 aromatic heterocycles. The topological polar surface area (TPSA) is 102 Å². The molecule has 0 bridgehead atoms. The van der Waals surface area contributed by atoms with Crippen LogP contribution in [0.2, 0.25) is 5.02 Å². The third kappa shape index (κ3) is 4.21. The Kier molecular flexibility index (Phi) is 5.37. The van der Waals surface area contributed by atoms with Gasteiger partial charge in [-0.3, -0.25) is 9.36 Å². The van der Waals surface area contributed by atoms with Crippen LogP contribution in [0.1, 0.15) is 11.7 Å². The third-order valence-corrected chi connectivity index (χ3v) is 5.04. The van der Waals surface area contributed by atoms with E-state index in [-0.39, 0.29) is 23.2 Å². The molecule has 33 heavy (non-hydrogen) atoms. The van der Waals surface area contributed by atoms with E-state index >= 15 is 0 Å². The molecule has 0 spiro atoms. The van der Waals surface area contributed by atoms with Gasteiger partial charge < -0.3 is 9.40 Å². The second-order valence-corrected chi connectivity index (χ2v) is 7.30. The highest BCUT2D eigenvalue weighted by molar-refractivity contribution is 6.32. The van der Waals surface area contributed by atoms with Crippen LogP contribution in [-0.2, 0) is 0 Å². The Hall–Kier alpha value is -4.37. The Balaban J connectivity index is 1.55. The van der Waals surface area contributed by atoms with Gasteiger partial charge in [-0.1, -0.05) is 23.7 Å². The molecule has 0 atom stereocenters. The maximum Gasteiger partial charge on any atom is 0.248 e. The van der Waals surface area contributed by atoms with Gasteiger partial charge in [0.1, 0.15) is 5.82 Å². The van der Waals surface area contributed by atoms with Gasteiger partial charge in [0, 0.05) is 29.5 Å². The second kappa shape index (κ2) is 8.64. The van der Waals surface area contributed by atoms with Crippen LogP contribution in [-0.4, -0.2) is 29.9 Å². The SMILES string of the molecule is O=c1cc(-c2nnc(/C=C/c3nnc(-c4ccc(F)cc4)n3-c3ccccc3Cl)o2)cc[nH]1. The van der Waals surface area contributed by atoms with E-state index < -0.39 is 0 Å². The summed E-state index contributed by atoms with van der Waals surface area (Å²) in [5, 5.41) is 17.0. The monoisotopic (exact) mass is 460 g/mol. The summed E-state index contributed by atoms with van der Waals surface area (Å²) in [6, 6.07) is 16.2. The summed E-state index contributed by atoms with van der Waals surface area (Å²) in [4.78, 5) is 14.0. The predicted octanol–water partition coefficient (Wildman–Crippen LogP) is 4.64. The zero-order valence-electron chi connectivity index (χ0n) is 16.8. The van der Waals surface area contributed by atoms with Gasteiger partial charge in [-0.2, -0.15) is 0 Å². The highest BCUT2D eigenvalue weighted by atomic mass is 35.5. The number of aromatic amines is 1. The largest absolute Gasteiger partial charge is 0.417 e. The van der Waals surface area contributed by atoms with Crippen LogP contribution in [0.25, 0.3) is 40.7 Å². The molecule has 0 fully saturated rings. The molecule has 0 saturated carbocycles. The molecule has 0 unspecified atom stereocenters. The Morgan fingerprint density at radius 1 is 0.939 bits per heavy atom. The van der Waals surface area contributed by atoms with Gasteiger partial charge in [-0.25, -0.2) is 4.39 Å². The summed E-state index contributed by atoms with van der Waals surface area (Å²) in [6.45, 7) is 0. The van der Waals surface area contributed by atoms with Crippen molar-refractivity contribution in [3.05, 3.63) is 99.8 Å². The summed E-state index contributed by atoms with van der Waals surface area (Å²) in [5.74, 6) is 0.994. The number of hydrogen-bond donors (Lipinski definition) is 1. The van der Waals surface area contributed by atoms with E-state index in [1.807, 2.05) is 18.2 Å². The highest BCUT2D eigenvalue weighted by Gasteiger charge is 2.16. The minimum absolute atomic E-state index is 0.209. The van der Waals surface area contributed by atoms with E-state index in [1.54, 1.807) is 41.0 Å². The second-order valence-electron chi connectivity index (χ2n) is 6.90. The van der Waals surface area contributed by atoms with E-state index in [9.17, 15) is 9.18 Å². The minimum Gasteiger partial charge on any atom is -0.417 e. The smallest absolute Gasteiger partial charge is 0.248 e. The summed E-state index contributed by atoms with van der Waals surface area (Å²) < 4.78 is 20.8. The van der Waals surface area contributed by atoms with Crippen LogP contribution in [0.5, 0.6) is 0 Å². The molecule has 0 saturated heterocycles. The molecule has 8 nitrogen and oxygen atoms in total. The zero-order valence-corrected chi connectivity index (χ0v) is 17.6. The lowest BCUT2D eigenvalue weighted by Crippen LogP contribution is -2.01. The molecule has 0 amide bonds. The lowest BCUT2D eigenvalue weighted by atomic mass is 10.2. The fourth-order valence-electron chi connectivity index (χ4n) is 3.20. The van der Waals surface area contributed by atoms with Gasteiger partial charge in [-0.05, 0) is 48.5 Å². The number of H-pyrrole nitrogens is 1. The van der Waals surface area contributed by atoms with Crippen LogP contribution in [0.4, 0.5) is 4.39 Å². The first-order valence-electron chi connectivity index (χ1n) is 9.75. The molecule has 3 heterocycles. The number of rotatable bonds is 5. The van der Waals surface area contributed by atoms with Crippen LogP contribution < -0.4 is 5.56 Å². The lowest BCUT2D eigenvalue weighted by molar-refractivity contribution is 0.557. The average Bonchev–Trinajstić information content (AvgIpc) is 3.46. The number of hydrogen-bond acceptors (Lipinski definition) is 6. The summed E-state index contributed by atoms with van der Waals surface area (Å²) in [6.07, 6.45) is 4.73. The van der Waals surface area contributed by atoms with Gasteiger partial charge in [0.25, 0.3) is 0 Å². The molecular formula is C23H14ClFN6O2. The van der Waals surface area contributed by atoms with E-state index in [4.69, 9.17) is 16.0 Å². The zero-order chi connectivity index (χ0) is 22.8. The molecule has 0 aliphatic heterocycles. The van der Waals surface area contributed by atoms with Crippen molar-refractivity contribution >= 4 is 23.8 Å². The van der Waals surface area contributed by atoms with Crippen molar-refractivity contribution in [2.24, 2.45) is 0 Å². The average molecular weight is 461 g/mol. The number of halogens is 2. The van der Waals surface area contributed by atoms with Gasteiger partial charge in [-0.15, -0.1) is 20.4 Å². The standard InChI is InChI=1S/C23H14ClFN6O2/c24-17-3-1-2-4-18(17)31-19(27-29-22(31)14-5-7-16(25)8-6-14)9-10-21-28-30-23(33-21)15-11-12-26-20(32)13-15/h1-13H,(H,26,32)/b10-9+. The molecule has 162 valence electrons. The Morgan fingerprint density at radius 3 is 2.55 bits per heavy atom. The van der Waals surface area contributed by atoms with E-state index in [1.165, 1.54) is 24.4 Å². The Labute approximate surface area is 191 Å². The molecule has 2 aromatic carbocycles. The maximum atomic E-state index is 13.4. The molecule has 0 aliphatic rings. The van der Waals surface area contributed by atoms with Crippen LogP contribution in [0.15, 0.2) is 76.1 Å². The van der Waals surface area contributed by atoms with E-state index in [0.717, 1.165) is 0 Å². The van der Waals surface area contributed by atoms with Crippen molar-refractivity contribution in [2.45, 2.75) is 0 Å². The highest BCUT2D eigenvalue weighted by Crippen LogP contribution is 2.28. The first-order valence-corrected chi connectivity index (χ1v) is 10.1. The molecule has 0 radical (unpaired) electrons. The number of nitrogens with zero attached hydrogens (tertiary/aromatic N) is 5. The quantitative estimate of drug-likeness (QED) is 0.410. The molecule has 5 rings (SSSR count). The minimum atomic E-state index is -0.352. The summed E-state index contributed by atoms with van der Waals surface area (Å²) in [7, 11) is 0. The van der Waals surface area contributed by atoms with Gasteiger partial charge in [0.05, 0.1) is 10.7 Å². The number of para-hydroxylation sites is 1. The summed E-state index contributed by atoms with van der Waals surface area (Å²) in [5.41, 5.74) is 1.54. The summed E-state index contributed by atoms with van der Waals surface area (Å²) >= 11 is 6.44. The number of pyridine rings is 1. The molecular weight excluding hydrogens is 447 g/mol. The first kappa shape index (κ1) is 20.5. The molecule has 0 aliphatic carbocycles. The molecule has 10 heteroatoms. The van der Waals surface area contributed by atoms with Gasteiger partial charge >= 0.3 is 0 Å². The van der Waals surface area contributed by atoms with Crippen molar-refractivity contribution in [3.8, 4) is 28.5 Å². The van der Waals surface area contributed by atoms with Crippen LogP contribution in [0, 0.1) is 5.82 Å². The number of aromatic nitrogens is 6. The predicted molar refractivity (Wildman–Crippen MR) is 121 cm³/mol. The van der Waals surface area contributed by atoms with Gasteiger partial charge in [0.15, 0.2) is 11.6 Å². The number of nitrogens with one attached hydrogen (secondary N) is 1. The molecule has 1 N–H and O–H groups in total. The fraction of sp³-hybridized carbons (Fsp3) is 0. The Bertz CT molecular complexity index is 1520. The van der Waals surface area contributed by atoms with Crippen molar-refractivity contribution in [2.75, 3.05) is 0 Å². The Morgan fingerprint density at radius 2 is 1.76 bits per heavy atom. The van der Waals surface area contributed by atoms with Crippen molar-refractivity contribution in [1.29, 1.82) is 0 Å². The third-order valence-electron chi connectivity index (χ3n) is 4.72. The van der Waals surface area contributed by atoms with Gasteiger partial charge in [0.2, 0.25) is 17.3 Å². The van der Waals surface area contributed by atoms with Crippen LogP contribution in [0.3, 0.4) is 0 Å². The first-order chi connectivity index (χ1) is 16.1. The molecule has 5 aromatic rings. The normalized spacial score (nSPS) is 11.3. The van der Waals surface area contributed by atoms with E-state index in [0.29, 0.717) is 33.5 Å². The van der Waals surface area contributed by atoms with E-state index in [2.05, 4.69) is 25.4 Å². The number of benzene rings is 2. The van der Waals surface area contributed by atoms with Crippen LogP contribution >= 0.6 is 11.6 Å². The van der Waals surface area contributed by atoms with Crippen molar-refractivity contribution in [1.82, 2.24) is 29.9 Å². The van der Waals surface area contributed by atoms with Crippen molar-refractivity contribution < 1.29 is 8.81 Å².